The fourth-order valence-corrected chi connectivity index (χ4v) is 2.67. The quantitative estimate of drug-likeness (QED) is 0.861. The summed E-state index contributed by atoms with van der Waals surface area (Å²) in [5.41, 5.74) is 0. The zero-order chi connectivity index (χ0) is 13.0. The van der Waals surface area contributed by atoms with Gasteiger partial charge in [-0.1, -0.05) is 23.2 Å². The van der Waals surface area contributed by atoms with E-state index >= 15 is 0 Å². The number of hydrogen-bond acceptors (Lipinski definition) is 3. The Morgan fingerprint density at radius 3 is 2.83 bits per heavy atom. The molecular formula is C12H12Cl2N2OS. The van der Waals surface area contributed by atoms with Crippen LogP contribution in [0, 0.1) is 0 Å². The van der Waals surface area contributed by atoms with Crippen molar-refractivity contribution in [2.45, 2.75) is 17.5 Å². The lowest BCUT2D eigenvalue weighted by atomic mass is 10.4. The Bertz CT molecular complexity index is 505. The molecule has 1 heterocycles. The van der Waals surface area contributed by atoms with Crippen molar-refractivity contribution in [3.8, 4) is 0 Å². The summed E-state index contributed by atoms with van der Waals surface area (Å²) in [5, 5.41) is 11.0. The molecule has 3 nitrogen and oxygen atoms in total. The average molecular weight is 303 g/mol. The van der Waals surface area contributed by atoms with Crippen LogP contribution in [0.5, 0.6) is 0 Å². The number of aromatic nitrogens is 2. The van der Waals surface area contributed by atoms with E-state index < -0.39 is 6.10 Å². The van der Waals surface area contributed by atoms with E-state index in [2.05, 4.69) is 4.98 Å². The van der Waals surface area contributed by atoms with E-state index in [1.165, 1.54) is 0 Å². The molecule has 0 saturated carbocycles. The number of aliphatic hydroxyl groups excluding tert-OH is 1. The van der Waals surface area contributed by atoms with Crippen molar-refractivity contribution >= 4 is 35.0 Å². The molecular weight excluding hydrogens is 291 g/mol. The molecule has 0 aliphatic heterocycles. The molecule has 1 N–H and O–H groups in total. The van der Waals surface area contributed by atoms with Crippen molar-refractivity contribution in [3.63, 3.8) is 0 Å². The highest BCUT2D eigenvalue weighted by molar-refractivity contribution is 7.99. The molecule has 2 rings (SSSR count). The van der Waals surface area contributed by atoms with Crippen LogP contribution in [0.15, 0.2) is 41.8 Å². The van der Waals surface area contributed by atoms with Gasteiger partial charge in [0.25, 0.3) is 0 Å². The number of benzene rings is 1. The summed E-state index contributed by atoms with van der Waals surface area (Å²) < 4.78 is 1.85. The first-order valence-electron chi connectivity index (χ1n) is 5.37. The lowest BCUT2D eigenvalue weighted by Crippen LogP contribution is -2.17. The molecule has 0 fully saturated rings. The van der Waals surface area contributed by atoms with E-state index in [-0.39, 0.29) is 0 Å². The zero-order valence-electron chi connectivity index (χ0n) is 9.46. The highest BCUT2D eigenvalue weighted by Crippen LogP contribution is 2.28. The average Bonchev–Trinajstić information content (AvgIpc) is 2.83. The minimum Gasteiger partial charge on any atom is -0.390 e. The van der Waals surface area contributed by atoms with Crippen molar-refractivity contribution in [1.82, 2.24) is 9.55 Å². The second-order valence-electron chi connectivity index (χ2n) is 3.80. The molecule has 0 saturated heterocycles. The molecule has 18 heavy (non-hydrogen) atoms. The predicted octanol–water partition coefficient (Wildman–Crippen LogP) is 3.34. The first-order valence-corrected chi connectivity index (χ1v) is 7.11. The van der Waals surface area contributed by atoms with Crippen molar-refractivity contribution in [3.05, 3.63) is 47.0 Å². The Balaban J connectivity index is 1.85. The normalized spacial score (nSPS) is 12.6. The zero-order valence-corrected chi connectivity index (χ0v) is 11.8. The molecule has 0 amide bonds. The van der Waals surface area contributed by atoms with Crippen LogP contribution in [0.25, 0.3) is 0 Å². The topological polar surface area (TPSA) is 38.0 Å². The highest BCUT2D eigenvalue weighted by atomic mass is 35.5. The van der Waals surface area contributed by atoms with Crippen LogP contribution in [-0.2, 0) is 6.54 Å². The Hall–Kier alpha value is -0.680. The van der Waals surface area contributed by atoms with E-state index in [0.717, 1.165) is 4.90 Å². The van der Waals surface area contributed by atoms with E-state index in [1.54, 1.807) is 36.4 Å². The van der Waals surface area contributed by atoms with Crippen LogP contribution < -0.4 is 0 Å². The third kappa shape index (κ3) is 3.92. The van der Waals surface area contributed by atoms with E-state index in [9.17, 15) is 5.11 Å². The molecule has 1 aromatic heterocycles. The SMILES string of the molecule is OC(CSc1ccc(Cl)c(Cl)c1)Cn1ccnc1. The minimum atomic E-state index is -0.432. The van der Waals surface area contributed by atoms with Gasteiger partial charge in [0.05, 0.1) is 29.0 Å². The molecule has 96 valence electrons. The number of thioether (sulfide) groups is 1. The number of hydrogen-bond donors (Lipinski definition) is 1. The van der Waals surface area contributed by atoms with Crippen molar-refractivity contribution in [1.29, 1.82) is 0 Å². The van der Waals surface area contributed by atoms with Gasteiger partial charge in [0.2, 0.25) is 0 Å². The van der Waals surface area contributed by atoms with Gasteiger partial charge in [-0.05, 0) is 18.2 Å². The summed E-state index contributed by atoms with van der Waals surface area (Å²) in [6, 6.07) is 5.45. The summed E-state index contributed by atoms with van der Waals surface area (Å²) in [4.78, 5) is 4.92. The first kappa shape index (κ1) is 13.7. The van der Waals surface area contributed by atoms with E-state index in [4.69, 9.17) is 23.2 Å². The van der Waals surface area contributed by atoms with E-state index in [1.807, 2.05) is 16.8 Å². The number of halogens is 2. The maximum Gasteiger partial charge on any atom is 0.0946 e. The molecule has 1 atom stereocenters. The van der Waals surface area contributed by atoms with Crippen LogP contribution in [0.2, 0.25) is 10.0 Å². The standard InChI is InChI=1S/C12H12Cl2N2OS/c13-11-2-1-10(5-12(11)14)18-7-9(17)6-16-4-3-15-8-16/h1-5,8-9,17H,6-7H2. The fourth-order valence-electron chi connectivity index (χ4n) is 1.45. The Morgan fingerprint density at radius 2 is 2.17 bits per heavy atom. The molecule has 6 heteroatoms. The summed E-state index contributed by atoms with van der Waals surface area (Å²) in [6.45, 7) is 0.536. The maximum absolute atomic E-state index is 9.88. The number of aliphatic hydroxyl groups is 1. The third-order valence-corrected chi connectivity index (χ3v) is 4.19. The summed E-state index contributed by atoms with van der Waals surface area (Å²) in [5.74, 6) is 0.593. The van der Waals surface area contributed by atoms with Gasteiger partial charge in [0.15, 0.2) is 0 Å². The molecule has 1 aromatic carbocycles. The Labute approximate surface area is 120 Å². The van der Waals surface area contributed by atoms with Crippen molar-refractivity contribution < 1.29 is 5.11 Å². The highest BCUT2D eigenvalue weighted by Gasteiger charge is 2.07. The van der Waals surface area contributed by atoms with Gasteiger partial charge < -0.3 is 9.67 Å². The van der Waals surface area contributed by atoms with Gasteiger partial charge >= 0.3 is 0 Å². The molecule has 0 aliphatic carbocycles. The van der Waals surface area contributed by atoms with Crippen molar-refractivity contribution in [2.24, 2.45) is 0 Å². The smallest absolute Gasteiger partial charge is 0.0946 e. The van der Waals surface area contributed by atoms with Gasteiger partial charge in [-0.3, -0.25) is 0 Å². The predicted molar refractivity (Wildman–Crippen MR) is 75.4 cm³/mol. The molecule has 0 radical (unpaired) electrons. The van der Waals surface area contributed by atoms with E-state index in [0.29, 0.717) is 22.3 Å². The fraction of sp³-hybridized carbons (Fsp3) is 0.250. The van der Waals surface area contributed by atoms with Gasteiger partial charge in [-0.25, -0.2) is 4.98 Å². The third-order valence-electron chi connectivity index (χ3n) is 2.31. The second-order valence-corrected chi connectivity index (χ2v) is 5.71. The largest absolute Gasteiger partial charge is 0.390 e. The second kappa shape index (κ2) is 6.48. The molecule has 2 aromatic rings. The number of rotatable bonds is 5. The molecule has 0 spiro atoms. The lowest BCUT2D eigenvalue weighted by molar-refractivity contribution is 0.178. The van der Waals surface area contributed by atoms with Gasteiger partial charge in [0, 0.05) is 23.0 Å². The van der Waals surface area contributed by atoms with Gasteiger partial charge in [0.1, 0.15) is 0 Å². The van der Waals surface area contributed by atoms with Crippen LogP contribution in [0.4, 0.5) is 0 Å². The lowest BCUT2D eigenvalue weighted by Gasteiger charge is -2.11. The van der Waals surface area contributed by atoms with Gasteiger partial charge in [-0.15, -0.1) is 11.8 Å². The number of imidazole rings is 1. The maximum atomic E-state index is 9.88. The van der Waals surface area contributed by atoms with Crippen molar-refractivity contribution in [2.75, 3.05) is 5.75 Å². The van der Waals surface area contributed by atoms with Crippen LogP contribution in [0.3, 0.4) is 0 Å². The van der Waals surface area contributed by atoms with Crippen LogP contribution >= 0.6 is 35.0 Å². The molecule has 0 aliphatic rings. The summed E-state index contributed by atoms with van der Waals surface area (Å²) >= 11 is 13.3. The summed E-state index contributed by atoms with van der Waals surface area (Å²) in [6.07, 6.45) is 4.78. The number of nitrogens with zero attached hydrogens (tertiary/aromatic N) is 2. The monoisotopic (exact) mass is 302 g/mol. The Morgan fingerprint density at radius 1 is 1.33 bits per heavy atom. The summed E-state index contributed by atoms with van der Waals surface area (Å²) in [7, 11) is 0. The molecule has 0 bridgehead atoms. The van der Waals surface area contributed by atoms with Crippen LogP contribution in [0.1, 0.15) is 0 Å². The van der Waals surface area contributed by atoms with Gasteiger partial charge in [-0.2, -0.15) is 0 Å². The minimum absolute atomic E-state index is 0.432. The Kier molecular flexibility index (Phi) is 4.95. The molecule has 1 unspecified atom stereocenters. The first-order chi connectivity index (χ1) is 8.65. The van der Waals surface area contributed by atoms with Crippen LogP contribution in [-0.4, -0.2) is 26.5 Å².